The number of nitrogens with one attached hydrogen (secondary N) is 1. The molecule has 0 fully saturated rings. The summed E-state index contributed by atoms with van der Waals surface area (Å²) in [6.07, 6.45) is 5.59. The number of nitrogens with zero attached hydrogens (tertiary/aromatic N) is 1. The highest BCUT2D eigenvalue weighted by molar-refractivity contribution is 5.94. The summed E-state index contributed by atoms with van der Waals surface area (Å²) in [6.45, 7) is 0. The fourth-order valence-electron chi connectivity index (χ4n) is 3.04. The summed E-state index contributed by atoms with van der Waals surface area (Å²) in [7, 11) is 3.40. The average molecular weight is 274 g/mol. The first-order valence-corrected chi connectivity index (χ1v) is 7.11. The van der Waals surface area contributed by atoms with Crippen LogP contribution in [0.25, 0.3) is 10.9 Å². The number of hydrogen-bond acceptors (Lipinski definition) is 3. The summed E-state index contributed by atoms with van der Waals surface area (Å²) >= 11 is 0. The van der Waals surface area contributed by atoms with Gasteiger partial charge in [-0.05, 0) is 37.3 Å². The second-order valence-electron chi connectivity index (χ2n) is 5.23. The molecule has 0 unspecified atom stereocenters. The maximum atomic E-state index is 13.9. The van der Waals surface area contributed by atoms with Crippen molar-refractivity contribution < 1.29 is 9.13 Å². The quantitative estimate of drug-likeness (QED) is 0.848. The molecule has 0 aliphatic heterocycles. The fourth-order valence-corrected chi connectivity index (χ4v) is 3.04. The Morgan fingerprint density at radius 3 is 2.75 bits per heavy atom. The van der Waals surface area contributed by atoms with E-state index in [0.29, 0.717) is 5.52 Å². The van der Waals surface area contributed by atoms with E-state index in [1.54, 1.807) is 6.07 Å². The molecule has 0 spiro atoms. The number of rotatable bonds is 2. The third-order valence-electron chi connectivity index (χ3n) is 4.04. The van der Waals surface area contributed by atoms with Crippen LogP contribution < -0.4 is 10.1 Å². The Labute approximate surface area is 118 Å². The number of methoxy groups -OCH3 is 1. The van der Waals surface area contributed by atoms with Gasteiger partial charge in [0.25, 0.3) is 0 Å². The number of aryl methyl sites for hydroxylation is 1. The number of aromatic nitrogens is 1. The van der Waals surface area contributed by atoms with Crippen LogP contribution >= 0.6 is 0 Å². The number of ether oxygens (including phenoxy) is 1. The molecule has 0 saturated carbocycles. The number of hydrogen-bond donors (Lipinski definition) is 1. The summed E-state index contributed by atoms with van der Waals surface area (Å²) < 4.78 is 19.0. The van der Waals surface area contributed by atoms with Crippen LogP contribution in [-0.2, 0) is 12.8 Å². The van der Waals surface area contributed by atoms with Crippen molar-refractivity contribution in [2.24, 2.45) is 0 Å². The largest absolute Gasteiger partial charge is 0.494 e. The molecule has 3 rings (SSSR count). The van der Waals surface area contributed by atoms with Crippen molar-refractivity contribution in [2.75, 3.05) is 19.5 Å². The van der Waals surface area contributed by atoms with E-state index in [0.717, 1.165) is 36.0 Å². The standard InChI is InChI=1S/C16H19FN2O/c1-18-16-10-6-4-3-5-7-13(10)19-14-9-12(17)15(20-2)8-11(14)16/h8-9H,3-7H2,1-2H3,(H,18,19). The molecule has 106 valence electrons. The minimum Gasteiger partial charge on any atom is -0.494 e. The number of fused-ring (bicyclic) bond motifs is 2. The molecular weight excluding hydrogens is 255 g/mol. The minimum atomic E-state index is -0.358. The molecule has 0 atom stereocenters. The average Bonchev–Trinajstić information content (AvgIpc) is 2.69. The molecule has 1 aromatic carbocycles. The Kier molecular flexibility index (Phi) is 3.47. The van der Waals surface area contributed by atoms with Gasteiger partial charge in [-0.1, -0.05) is 6.42 Å². The van der Waals surface area contributed by atoms with Gasteiger partial charge in [0.15, 0.2) is 11.6 Å². The lowest BCUT2D eigenvalue weighted by Gasteiger charge is -2.16. The lowest BCUT2D eigenvalue weighted by molar-refractivity contribution is 0.387. The summed E-state index contributed by atoms with van der Waals surface area (Å²) in [5, 5.41) is 4.22. The Hall–Kier alpha value is -1.84. The third-order valence-corrected chi connectivity index (χ3v) is 4.04. The van der Waals surface area contributed by atoms with E-state index in [1.807, 2.05) is 7.05 Å². The molecule has 3 nitrogen and oxygen atoms in total. The Bertz CT molecular complexity index is 655. The summed E-state index contributed by atoms with van der Waals surface area (Å²) in [5.41, 5.74) is 4.17. The van der Waals surface area contributed by atoms with Gasteiger partial charge >= 0.3 is 0 Å². The van der Waals surface area contributed by atoms with Gasteiger partial charge in [-0.25, -0.2) is 4.39 Å². The second kappa shape index (κ2) is 5.27. The van der Waals surface area contributed by atoms with E-state index in [2.05, 4.69) is 10.3 Å². The van der Waals surface area contributed by atoms with Crippen molar-refractivity contribution in [3.8, 4) is 5.75 Å². The Morgan fingerprint density at radius 2 is 2.00 bits per heavy atom. The van der Waals surface area contributed by atoms with Gasteiger partial charge in [0.2, 0.25) is 0 Å². The van der Waals surface area contributed by atoms with Crippen molar-refractivity contribution in [2.45, 2.75) is 32.1 Å². The second-order valence-corrected chi connectivity index (χ2v) is 5.23. The van der Waals surface area contributed by atoms with Gasteiger partial charge < -0.3 is 10.1 Å². The molecule has 0 bridgehead atoms. The van der Waals surface area contributed by atoms with Crippen LogP contribution in [0.4, 0.5) is 10.1 Å². The molecule has 1 N–H and O–H groups in total. The van der Waals surface area contributed by atoms with Crippen molar-refractivity contribution in [3.63, 3.8) is 0 Å². The molecule has 1 aliphatic rings. The maximum Gasteiger partial charge on any atom is 0.167 e. The van der Waals surface area contributed by atoms with Crippen LogP contribution in [0.1, 0.15) is 30.5 Å². The minimum absolute atomic E-state index is 0.268. The topological polar surface area (TPSA) is 34.2 Å². The number of benzene rings is 1. The van der Waals surface area contributed by atoms with Crippen LogP contribution in [0.5, 0.6) is 5.75 Å². The number of halogens is 1. The van der Waals surface area contributed by atoms with Gasteiger partial charge in [0.1, 0.15) is 0 Å². The van der Waals surface area contributed by atoms with E-state index >= 15 is 0 Å². The van der Waals surface area contributed by atoms with Crippen molar-refractivity contribution in [3.05, 3.63) is 29.2 Å². The van der Waals surface area contributed by atoms with Crippen LogP contribution in [-0.4, -0.2) is 19.1 Å². The SMILES string of the molecule is CNc1c2c(nc3cc(F)c(OC)cc13)CCCCC2. The molecule has 0 amide bonds. The smallest absolute Gasteiger partial charge is 0.167 e. The summed E-state index contributed by atoms with van der Waals surface area (Å²) in [6, 6.07) is 3.22. The predicted molar refractivity (Wildman–Crippen MR) is 79.1 cm³/mol. The molecule has 1 heterocycles. The molecular formula is C16H19FN2O. The maximum absolute atomic E-state index is 13.9. The third kappa shape index (κ3) is 2.09. The molecule has 4 heteroatoms. The van der Waals surface area contributed by atoms with Crippen LogP contribution in [0, 0.1) is 5.82 Å². The lowest BCUT2D eigenvalue weighted by atomic mass is 10.0. The van der Waals surface area contributed by atoms with Crippen molar-refractivity contribution >= 4 is 16.6 Å². The highest BCUT2D eigenvalue weighted by Crippen LogP contribution is 2.35. The number of pyridine rings is 1. The summed E-state index contributed by atoms with van der Waals surface area (Å²) in [5.74, 6) is -0.0903. The van der Waals surface area contributed by atoms with Gasteiger partial charge in [0, 0.05) is 29.9 Å². The van der Waals surface area contributed by atoms with E-state index < -0.39 is 0 Å². The first-order chi connectivity index (χ1) is 9.74. The van der Waals surface area contributed by atoms with Crippen molar-refractivity contribution in [1.29, 1.82) is 0 Å². The molecule has 1 aliphatic carbocycles. The zero-order valence-electron chi connectivity index (χ0n) is 11.9. The Balaban J connectivity index is 2.30. The normalized spacial score (nSPS) is 14.8. The van der Waals surface area contributed by atoms with E-state index in [9.17, 15) is 4.39 Å². The molecule has 2 aromatic rings. The molecule has 20 heavy (non-hydrogen) atoms. The Morgan fingerprint density at radius 1 is 1.20 bits per heavy atom. The van der Waals surface area contributed by atoms with Gasteiger partial charge in [-0.3, -0.25) is 4.98 Å². The van der Waals surface area contributed by atoms with E-state index in [-0.39, 0.29) is 11.6 Å². The van der Waals surface area contributed by atoms with Crippen LogP contribution in [0.3, 0.4) is 0 Å². The highest BCUT2D eigenvalue weighted by Gasteiger charge is 2.18. The lowest BCUT2D eigenvalue weighted by Crippen LogP contribution is -2.04. The van der Waals surface area contributed by atoms with Gasteiger partial charge in [-0.2, -0.15) is 0 Å². The molecule has 1 aromatic heterocycles. The monoisotopic (exact) mass is 274 g/mol. The first-order valence-electron chi connectivity index (χ1n) is 7.11. The van der Waals surface area contributed by atoms with Gasteiger partial charge in [0.05, 0.1) is 12.6 Å². The zero-order chi connectivity index (χ0) is 14.1. The molecule has 0 radical (unpaired) electrons. The van der Waals surface area contributed by atoms with Crippen LogP contribution in [0.2, 0.25) is 0 Å². The predicted octanol–water partition coefficient (Wildman–Crippen LogP) is 3.69. The fraction of sp³-hybridized carbons (Fsp3) is 0.438. The summed E-state index contributed by atoms with van der Waals surface area (Å²) in [4.78, 5) is 4.69. The van der Waals surface area contributed by atoms with Crippen LogP contribution in [0.15, 0.2) is 12.1 Å². The molecule has 0 saturated heterocycles. The van der Waals surface area contributed by atoms with Gasteiger partial charge in [-0.15, -0.1) is 0 Å². The first kappa shape index (κ1) is 13.2. The van der Waals surface area contributed by atoms with E-state index in [4.69, 9.17) is 4.74 Å². The highest BCUT2D eigenvalue weighted by atomic mass is 19.1. The van der Waals surface area contributed by atoms with E-state index in [1.165, 1.54) is 31.6 Å². The number of anilines is 1. The van der Waals surface area contributed by atoms with Crippen molar-refractivity contribution in [1.82, 2.24) is 4.98 Å². The zero-order valence-corrected chi connectivity index (χ0v) is 11.9.